The molecule has 138 valence electrons. The van der Waals surface area contributed by atoms with E-state index in [0.29, 0.717) is 17.7 Å². The lowest BCUT2D eigenvalue weighted by molar-refractivity contribution is -0.385. The smallest absolute Gasteiger partial charge is 0.289 e. The van der Waals surface area contributed by atoms with Crippen molar-refractivity contribution in [1.29, 1.82) is 0 Å². The van der Waals surface area contributed by atoms with Gasteiger partial charge in [-0.2, -0.15) is 0 Å². The lowest BCUT2D eigenvalue weighted by atomic mass is 9.88. The minimum absolute atomic E-state index is 0.284. The Labute approximate surface area is 156 Å². The quantitative estimate of drug-likeness (QED) is 0.467. The summed E-state index contributed by atoms with van der Waals surface area (Å²) in [6.45, 7) is 1.58. The Morgan fingerprint density at radius 1 is 1.31 bits per heavy atom. The fourth-order valence-corrected chi connectivity index (χ4v) is 5.16. The van der Waals surface area contributed by atoms with Crippen LogP contribution in [0.4, 0.5) is 11.4 Å². The van der Waals surface area contributed by atoms with Crippen LogP contribution in [-0.2, 0) is 16.4 Å². The monoisotopic (exact) mass is 395 g/mol. The molecule has 1 unspecified atom stereocenters. The van der Waals surface area contributed by atoms with Crippen molar-refractivity contribution in [2.45, 2.75) is 37.1 Å². The molecule has 2 aromatic carbocycles. The van der Waals surface area contributed by atoms with Crippen LogP contribution in [0, 0.1) is 17.0 Å². The molecule has 0 saturated carbocycles. The van der Waals surface area contributed by atoms with Gasteiger partial charge in [0.1, 0.15) is 9.92 Å². The largest absolute Gasteiger partial charge is 0.399 e. The first-order valence-electron chi connectivity index (χ1n) is 8.04. The van der Waals surface area contributed by atoms with E-state index in [2.05, 4.69) is 4.72 Å². The second kappa shape index (κ2) is 6.86. The van der Waals surface area contributed by atoms with Crippen LogP contribution in [0.2, 0.25) is 5.02 Å². The van der Waals surface area contributed by atoms with Crippen LogP contribution in [0.3, 0.4) is 0 Å². The Morgan fingerprint density at radius 2 is 2.04 bits per heavy atom. The van der Waals surface area contributed by atoms with Gasteiger partial charge in [-0.15, -0.1) is 0 Å². The number of hydrogen-bond acceptors (Lipinski definition) is 5. The van der Waals surface area contributed by atoms with Gasteiger partial charge in [0.05, 0.1) is 4.92 Å². The number of rotatable bonds is 4. The average Bonchev–Trinajstić information content (AvgIpc) is 2.56. The molecule has 1 aliphatic carbocycles. The third-order valence-corrected chi connectivity index (χ3v) is 6.43. The van der Waals surface area contributed by atoms with Crippen molar-refractivity contribution < 1.29 is 13.3 Å². The predicted octanol–water partition coefficient (Wildman–Crippen LogP) is 3.49. The Hall–Kier alpha value is -2.16. The maximum absolute atomic E-state index is 12.9. The van der Waals surface area contributed by atoms with Crippen LogP contribution in [0.15, 0.2) is 35.2 Å². The standard InChI is InChI=1S/C17H18ClN3O4S/c1-10-7-15(21(22)23)17(18)16(8-10)26(24,25)20-14-4-2-3-11-9-12(19)5-6-13(11)14/h5-9,14,20H,2-4,19H2,1H3. The molecule has 0 aliphatic heterocycles. The highest BCUT2D eigenvalue weighted by molar-refractivity contribution is 7.89. The molecule has 0 fully saturated rings. The topological polar surface area (TPSA) is 115 Å². The number of hydrogen-bond donors (Lipinski definition) is 2. The molecule has 0 radical (unpaired) electrons. The van der Waals surface area contributed by atoms with E-state index in [9.17, 15) is 18.5 Å². The van der Waals surface area contributed by atoms with E-state index in [4.69, 9.17) is 17.3 Å². The van der Waals surface area contributed by atoms with Crippen LogP contribution >= 0.6 is 11.6 Å². The van der Waals surface area contributed by atoms with Gasteiger partial charge < -0.3 is 5.73 Å². The Morgan fingerprint density at radius 3 is 2.73 bits per heavy atom. The van der Waals surface area contributed by atoms with E-state index in [-0.39, 0.29) is 9.92 Å². The summed E-state index contributed by atoms with van der Waals surface area (Å²) in [6, 6.07) is 7.55. The minimum atomic E-state index is -4.04. The summed E-state index contributed by atoms with van der Waals surface area (Å²) in [6.07, 6.45) is 2.27. The number of aryl methyl sites for hydroxylation is 2. The zero-order chi connectivity index (χ0) is 19.1. The third kappa shape index (κ3) is 3.53. The highest BCUT2D eigenvalue weighted by Gasteiger charge is 2.30. The third-order valence-electron chi connectivity index (χ3n) is 4.43. The zero-order valence-electron chi connectivity index (χ0n) is 14.0. The molecule has 0 saturated heterocycles. The number of nitrogen functional groups attached to an aromatic ring is 1. The first-order chi connectivity index (χ1) is 12.2. The fourth-order valence-electron chi connectivity index (χ4n) is 3.25. The average molecular weight is 396 g/mol. The predicted molar refractivity (Wildman–Crippen MR) is 99.7 cm³/mol. The molecule has 0 bridgehead atoms. The van der Waals surface area contributed by atoms with E-state index in [1.165, 1.54) is 12.1 Å². The molecule has 3 N–H and O–H groups in total. The van der Waals surface area contributed by atoms with E-state index in [0.717, 1.165) is 24.0 Å². The second-order valence-electron chi connectivity index (χ2n) is 6.38. The molecule has 0 heterocycles. The highest BCUT2D eigenvalue weighted by Crippen LogP contribution is 2.36. The Bertz CT molecular complexity index is 992. The first-order valence-corrected chi connectivity index (χ1v) is 9.90. The summed E-state index contributed by atoms with van der Waals surface area (Å²) in [5.41, 5.74) is 8.33. The fraction of sp³-hybridized carbons (Fsp3) is 0.294. The number of benzene rings is 2. The maximum atomic E-state index is 12.9. The molecule has 1 atom stereocenters. The van der Waals surface area contributed by atoms with Gasteiger partial charge in [-0.05, 0) is 61.1 Å². The SMILES string of the molecule is Cc1cc([N+](=O)[O-])c(Cl)c(S(=O)(=O)NC2CCCc3cc(N)ccc32)c1. The van der Waals surface area contributed by atoms with Crippen LogP contribution < -0.4 is 10.5 Å². The van der Waals surface area contributed by atoms with Crippen molar-refractivity contribution in [3.05, 3.63) is 62.2 Å². The molecule has 0 spiro atoms. The number of sulfonamides is 1. The van der Waals surface area contributed by atoms with Crippen molar-refractivity contribution in [2.24, 2.45) is 0 Å². The minimum Gasteiger partial charge on any atom is -0.399 e. The number of nitrogens with two attached hydrogens (primary N) is 1. The van der Waals surface area contributed by atoms with E-state index in [1.807, 2.05) is 12.1 Å². The maximum Gasteiger partial charge on any atom is 0.289 e. The number of nitro benzene ring substituents is 1. The molecule has 26 heavy (non-hydrogen) atoms. The number of nitrogens with one attached hydrogen (secondary N) is 1. The van der Waals surface area contributed by atoms with Gasteiger partial charge in [0.2, 0.25) is 10.0 Å². The van der Waals surface area contributed by atoms with Gasteiger partial charge in [0.25, 0.3) is 5.69 Å². The number of fused-ring (bicyclic) bond motifs is 1. The molecule has 9 heteroatoms. The van der Waals surface area contributed by atoms with Crippen molar-refractivity contribution in [2.75, 3.05) is 5.73 Å². The molecule has 7 nitrogen and oxygen atoms in total. The molecule has 0 amide bonds. The van der Waals surface area contributed by atoms with E-state index in [1.54, 1.807) is 13.0 Å². The lowest BCUT2D eigenvalue weighted by Gasteiger charge is -2.26. The van der Waals surface area contributed by atoms with Gasteiger partial charge in [-0.25, -0.2) is 13.1 Å². The molecule has 2 aromatic rings. The normalized spacial score (nSPS) is 16.9. The van der Waals surface area contributed by atoms with Crippen LogP contribution in [0.5, 0.6) is 0 Å². The van der Waals surface area contributed by atoms with Crippen LogP contribution in [0.1, 0.15) is 35.6 Å². The molecular formula is C17H18ClN3O4S. The van der Waals surface area contributed by atoms with Gasteiger partial charge in [-0.1, -0.05) is 17.7 Å². The summed E-state index contributed by atoms with van der Waals surface area (Å²) >= 11 is 6.02. The number of anilines is 1. The molecule has 3 rings (SSSR count). The van der Waals surface area contributed by atoms with Crippen molar-refractivity contribution in [1.82, 2.24) is 4.72 Å². The van der Waals surface area contributed by atoms with Gasteiger partial charge in [0.15, 0.2) is 0 Å². The number of nitro groups is 1. The first kappa shape index (κ1) is 18.6. The Kier molecular flexibility index (Phi) is 4.92. The van der Waals surface area contributed by atoms with Crippen molar-refractivity contribution >= 4 is 33.0 Å². The zero-order valence-corrected chi connectivity index (χ0v) is 15.6. The van der Waals surface area contributed by atoms with Crippen LogP contribution in [-0.4, -0.2) is 13.3 Å². The number of nitrogens with zero attached hydrogens (tertiary/aromatic N) is 1. The van der Waals surface area contributed by atoms with Gasteiger partial charge in [0, 0.05) is 17.8 Å². The van der Waals surface area contributed by atoms with Crippen molar-refractivity contribution in [3.8, 4) is 0 Å². The molecule has 0 aromatic heterocycles. The highest BCUT2D eigenvalue weighted by atomic mass is 35.5. The molecular weight excluding hydrogens is 378 g/mol. The second-order valence-corrected chi connectivity index (χ2v) is 8.44. The van der Waals surface area contributed by atoms with Crippen molar-refractivity contribution in [3.63, 3.8) is 0 Å². The number of halogens is 1. The van der Waals surface area contributed by atoms with Crippen LogP contribution in [0.25, 0.3) is 0 Å². The van der Waals surface area contributed by atoms with Gasteiger partial charge in [-0.3, -0.25) is 10.1 Å². The van der Waals surface area contributed by atoms with Gasteiger partial charge >= 0.3 is 0 Å². The van der Waals surface area contributed by atoms with E-state index >= 15 is 0 Å². The summed E-state index contributed by atoms with van der Waals surface area (Å²) < 4.78 is 28.4. The molecule has 1 aliphatic rings. The summed E-state index contributed by atoms with van der Waals surface area (Å²) in [4.78, 5) is 10.2. The Balaban J connectivity index is 2.00. The summed E-state index contributed by atoms with van der Waals surface area (Å²) in [5.74, 6) is 0. The lowest BCUT2D eigenvalue weighted by Crippen LogP contribution is -2.31. The summed E-state index contributed by atoms with van der Waals surface area (Å²) in [5, 5.41) is 10.7. The van der Waals surface area contributed by atoms with E-state index < -0.39 is 26.7 Å². The summed E-state index contributed by atoms with van der Waals surface area (Å²) in [7, 11) is -4.04.